The SMILES string of the molecule is Cc1ccc(-c2noc([C@H]3CCOC(C)(C)C3)n2)nn1. The number of aromatic nitrogens is 4. The Balaban J connectivity index is 1.81. The van der Waals surface area contributed by atoms with Gasteiger partial charge in [0.25, 0.3) is 0 Å². The van der Waals surface area contributed by atoms with E-state index in [-0.39, 0.29) is 11.5 Å². The van der Waals surface area contributed by atoms with Crippen molar-refractivity contribution in [2.75, 3.05) is 6.61 Å². The van der Waals surface area contributed by atoms with Gasteiger partial charge in [0.15, 0.2) is 0 Å². The van der Waals surface area contributed by atoms with Crippen LogP contribution in [0, 0.1) is 6.92 Å². The zero-order chi connectivity index (χ0) is 14.2. The molecule has 0 bridgehead atoms. The molecule has 3 rings (SSSR count). The Morgan fingerprint density at radius 2 is 2.10 bits per heavy atom. The van der Waals surface area contributed by atoms with Crippen molar-refractivity contribution >= 4 is 0 Å². The smallest absolute Gasteiger partial charge is 0.230 e. The van der Waals surface area contributed by atoms with E-state index in [1.165, 1.54) is 0 Å². The number of rotatable bonds is 2. The fourth-order valence-corrected chi connectivity index (χ4v) is 2.47. The summed E-state index contributed by atoms with van der Waals surface area (Å²) in [5.74, 6) is 1.41. The van der Waals surface area contributed by atoms with E-state index in [1.807, 2.05) is 19.1 Å². The number of hydrogen-bond donors (Lipinski definition) is 0. The molecule has 2 aromatic heterocycles. The topological polar surface area (TPSA) is 73.9 Å². The van der Waals surface area contributed by atoms with Gasteiger partial charge in [0.2, 0.25) is 11.7 Å². The van der Waals surface area contributed by atoms with E-state index < -0.39 is 0 Å². The van der Waals surface area contributed by atoms with Gasteiger partial charge in [0.1, 0.15) is 5.69 Å². The summed E-state index contributed by atoms with van der Waals surface area (Å²) < 4.78 is 11.1. The van der Waals surface area contributed by atoms with Crippen molar-refractivity contribution in [2.24, 2.45) is 0 Å². The lowest BCUT2D eigenvalue weighted by Crippen LogP contribution is -2.33. The molecule has 106 valence electrons. The molecular weight excluding hydrogens is 256 g/mol. The van der Waals surface area contributed by atoms with Crippen molar-refractivity contribution in [3.8, 4) is 11.5 Å². The number of aryl methyl sites for hydroxylation is 1. The van der Waals surface area contributed by atoms with Gasteiger partial charge in [-0.25, -0.2) is 0 Å². The summed E-state index contributed by atoms with van der Waals surface area (Å²) in [7, 11) is 0. The second-order valence-corrected chi connectivity index (χ2v) is 5.81. The second kappa shape index (κ2) is 4.94. The van der Waals surface area contributed by atoms with Gasteiger partial charge in [-0.2, -0.15) is 10.1 Å². The van der Waals surface area contributed by atoms with Gasteiger partial charge < -0.3 is 9.26 Å². The van der Waals surface area contributed by atoms with Gasteiger partial charge in [0.05, 0.1) is 11.3 Å². The van der Waals surface area contributed by atoms with Crippen molar-refractivity contribution in [2.45, 2.75) is 45.1 Å². The van der Waals surface area contributed by atoms with Crippen LogP contribution in [0.3, 0.4) is 0 Å². The maximum atomic E-state index is 5.71. The second-order valence-electron chi connectivity index (χ2n) is 5.81. The van der Waals surface area contributed by atoms with Crippen molar-refractivity contribution in [1.29, 1.82) is 0 Å². The molecule has 6 nitrogen and oxygen atoms in total. The highest BCUT2D eigenvalue weighted by atomic mass is 16.5. The first-order valence-electron chi connectivity index (χ1n) is 6.82. The Morgan fingerprint density at radius 1 is 1.25 bits per heavy atom. The molecule has 0 radical (unpaired) electrons. The highest BCUT2D eigenvalue weighted by molar-refractivity contribution is 5.46. The van der Waals surface area contributed by atoms with Crippen molar-refractivity contribution in [3.63, 3.8) is 0 Å². The fraction of sp³-hybridized carbons (Fsp3) is 0.571. The predicted octanol–water partition coefficient (Wildman–Crippen LogP) is 2.51. The van der Waals surface area contributed by atoms with Crippen LogP contribution in [-0.2, 0) is 4.74 Å². The van der Waals surface area contributed by atoms with Crippen molar-refractivity contribution in [1.82, 2.24) is 20.3 Å². The molecule has 0 saturated carbocycles. The first kappa shape index (κ1) is 13.2. The summed E-state index contributed by atoms with van der Waals surface area (Å²) in [5, 5.41) is 12.1. The third kappa shape index (κ3) is 2.70. The number of nitrogens with zero attached hydrogens (tertiary/aromatic N) is 4. The van der Waals surface area contributed by atoms with E-state index in [2.05, 4.69) is 34.2 Å². The quantitative estimate of drug-likeness (QED) is 0.837. The molecule has 0 aliphatic carbocycles. The molecule has 6 heteroatoms. The van der Waals surface area contributed by atoms with Crippen LogP contribution < -0.4 is 0 Å². The van der Waals surface area contributed by atoms with E-state index in [1.54, 1.807) is 0 Å². The van der Waals surface area contributed by atoms with Gasteiger partial charge in [-0.3, -0.25) is 0 Å². The summed E-state index contributed by atoms with van der Waals surface area (Å²) in [6.45, 7) is 6.78. The maximum Gasteiger partial charge on any atom is 0.230 e. The molecule has 1 aliphatic rings. The van der Waals surface area contributed by atoms with Crippen LogP contribution in [-0.4, -0.2) is 32.5 Å². The van der Waals surface area contributed by atoms with Gasteiger partial charge in [-0.05, 0) is 45.7 Å². The van der Waals surface area contributed by atoms with E-state index in [0.29, 0.717) is 17.4 Å². The van der Waals surface area contributed by atoms with Crippen LogP contribution in [0.2, 0.25) is 0 Å². The Bertz CT molecular complexity index is 591. The fourth-order valence-electron chi connectivity index (χ4n) is 2.47. The predicted molar refractivity (Wildman–Crippen MR) is 72.1 cm³/mol. The summed E-state index contributed by atoms with van der Waals surface area (Å²) in [4.78, 5) is 4.46. The Hall–Kier alpha value is -1.82. The number of hydrogen-bond acceptors (Lipinski definition) is 6. The summed E-state index contributed by atoms with van der Waals surface area (Å²) in [6.07, 6.45) is 1.79. The van der Waals surface area contributed by atoms with Crippen LogP contribution in [0.5, 0.6) is 0 Å². The molecule has 20 heavy (non-hydrogen) atoms. The van der Waals surface area contributed by atoms with Gasteiger partial charge in [-0.15, -0.1) is 5.10 Å². The zero-order valence-corrected chi connectivity index (χ0v) is 12.0. The van der Waals surface area contributed by atoms with Crippen molar-refractivity contribution in [3.05, 3.63) is 23.7 Å². The van der Waals surface area contributed by atoms with Crippen LogP contribution >= 0.6 is 0 Å². The molecule has 0 spiro atoms. The summed E-state index contributed by atoms with van der Waals surface area (Å²) in [5.41, 5.74) is 1.36. The van der Waals surface area contributed by atoms with Crippen molar-refractivity contribution < 1.29 is 9.26 Å². The minimum Gasteiger partial charge on any atom is -0.376 e. The molecule has 3 heterocycles. The van der Waals surface area contributed by atoms with Crippen LogP contribution in [0.15, 0.2) is 16.7 Å². The largest absolute Gasteiger partial charge is 0.376 e. The summed E-state index contributed by atoms with van der Waals surface area (Å²) in [6, 6.07) is 3.74. The first-order valence-corrected chi connectivity index (χ1v) is 6.82. The minimum atomic E-state index is -0.138. The molecule has 2 aromatic rings. The molecule has 0 amide bonds. The normalized spacial score (nSPS) is 21.9. The number of ether oxygens (including phenoxy) is 1. The Kier molecular flexibility index (Phi) is 3.25. The molecule has 1 aliphatic heterocycles. The van der Waals surface area contributed by atoms with Crippen LogP contribution in [0.25, 0.3) is 11.5 Å². The van der Waals surface area contributed by atoms with E-state index in [0.717, 1.165) is 25.1 Å². The van der Waals surface area contributed by atoms with Gasteiger partial charge in [-0.1, -0.05) is 5.16 Å². The van der Waals surface area contributed by atoms with E-state index in [9.17, 15) is 0 Å². The Morgan fingerprint density at radius 3 is 2.80 bits per heavy atom. The van der Waals surface area contributed by atoms with Crippen LogP contribution in [0.1, 0.15) is 44.2 Å². The highest BCUT2D eigenvalue weighted by Crippen LogP contribution is 2.35. The van der Waals surface area contributed by atoms with Gasteiger partial charge >= 0.3 is 0 Å². The molecule has 1 saturated heterocycles. The monoisotopic (exact) mass is 274 g/mol. The first-order chi connectivity index (χ1) is 9.53. The highest BCUT2D eigenvalue weighted by Gasteiger charge is 2.33. The molecule has 0 N–H and O–H groups in total. The average Bonchev–Trinajstić information content (AvgIpc) is 2.88. The molecule has 0 aromatic carbocycles. The van der Waals surface area contributed by atoms with Crippen LogP contribution in [0.4, 0.5) is 0 Å². The molecule has 1 atom stereocenters. The maximum absolute atomic E-state index is 5.71. The van der Waals surface area contributed by atoms with E-state index >= 15 is 0 Å². The third-order valence-corrected chi connectivity index (χ3v) is 3.52. The third-order valence-electron chi connectivity index (χ3n) is 3.52. The average molecular weight is 274 g/mol. The van der Waals surface area contributed by atoms with E-state index in [4.69, 9.17) is 9.26 Å². The zero-order valence-electron chi connectivity index (χ0n) is 12.0. The lowest BCUT2D eigenvalue weighted by atomic mass is 9.88. The molecule has 1 fully saturated rings. The summed E-state index contributed by atoms with van der Waals surface area (Å²) >= 11 is 0. The lowest BCUT2D eigenvalue weighted by molar-refractivity contribution is -0.0627. The Labute approximate surface area is 117 Å². The standard InChI is InChI=1S/C14H18N4O2/c1-9-4-5-11(17-16-9)12-15-13(20-18-12)10-6-7-19-14(2,3)8-10/h4-5,10H,6-8H2,1-3H3/t10-/m0/s1. The lowest BCUT2D eigenvalue weighted by Gasteiger charge is -2.33. The van der Waals surface area contributed by atoms with Gasteiger partial charge in [0, 0.05) is 12.5 Å². The molecule has 0 unspecified atom stereocenters. The molecular formula is C14H18N4O2. The minimum absolute atomic E-state index is 0.138.